The molecule has 1 saturated carbocycles. The van der Waals surface area contributed by atoms with E-state index in [0.29, 0.717) is 15.7 Å². The second-order valence-electron chi connectivity index (χ2n) is 6.12. The molecule has 5 nitrogen and oxygen atoms in total. The summed E-state index contributed by atoms with van der Waals surface area (Å²) in [5, 5.41) is 3.56. The SMILES string of the molecule is CS(=O)(=O)N(CCC(=O)Nc1cc(Cl)cc(Cl)c1)C1CCCCC1. The van der Waals surface area contributed by atoms with E-state index in [9.17, 15) is 13.2 Å². The smallest absolute Gasteiger partial charge is 0.225 e. The first-order chi connectivity index (χ1) is 11.3. The molecule has 1 aliphatic rings. The lowest BCUT2D eigenvalue weighted by atomic mass is 9.95. The summed E-state index contributed by atoms with van der Waals surface area (Å²) in [5.41, 5.74) is 0.501. The van der Waals surface area contributed by atoms with Gasteiger partial charge in [-0.05, 0) is 31.0 Å². The molecule has 1 aromatic rings. The number of rotatable bonds is 6. The van der Waals surface area contributed by atoms with Crippen molar-refractivity contribution in [1.29, 1.82) is 0 Å². The fraction of sp³-hybridized carbons (Fsp3) is 0.562. The summed E-state index contributed by atoms with van der Waals surface area (Å²) in [7, 11) is -3.34. The summed E-state index contributed by atoms with van der Waals surface area (Å²) in [6.07, 6.45) is 6.22. The van der Waals surface area contributed by atoms with Crippen LogP contribution in [0.5, 0.6) is 0 Å². The van der Waals surface area contributed by atoms with Gasteiger partial charge < -0.3 is 5.32 Å². The average molecular weight is 393 g/mol. The lowest BCUT2D eigenvalue weighted by molar-refractivity contribution is -0.116. The Bertz CT molecular complexity index is 668. The van der Waals surface area contributed by atoms with Gasteiger partial charge in [0.2, 0.25) is 15.9 Å². The van der Waals surface area contributed by atoms with Gasteiger partial charge in [0.05, 0.1) is 6.26 Å². The summed E-state index contributed by atoms with van der Waals surface area (Å²) in [6, 6.07) is 4.77. The maximum Gasteiger partial charge on any atom is 0.225 e. The van der Waals surface area contributed by atoms with Gasteiger partial charge in [-0.2, -0.15) is 4.31 Å². The number of hydrogen-bond acceptors (Lipinski definition) is 3. The zero-order valence-corrected chi connectivity index (χ0v) is 15.9. The molecular formula is C16H22Cl2N2O3S. The molecule has 1 aromatic carbocycles. The third kappa shape index (κ3) is 5.92. The van der Waals surface area contributed by atoms with Crippen LogP contribution < -0.4 is 5.32 Å². The van der Waals surface area contributed by atoms with Gasteiger partial charge in [0.1, 0.15) is 0 Å². The molecule has 0 heterocycles. The van der Waals surface area contributed by atoms with E-state index in [4.69, 9.17) is 23.2 Å². The number of sulfonamides is 1. The Hall–Kier alpha value is -0.820. The fourth-order valence-electron chi connectivity index (χ4n) is 3.05. The number of nitrogens with one attached hydrogen (secondary N) is 1. The molecule has 0 unspecified atom stereocenters. The third-order valence-electron chi connectivity index (χ3n) is 4.11. The number of halogens is 2. The van der Waals surface area contributed by atoms with Crippen molar-refractivity contribution in [1.82, 2.24) is 4.31 Å². The number of benzene rings is 1. The summed E-state index contributed by atoms with van der Waals surface area (Å²) in [5.74, 6) is -0.266. The molecule has 0 aromatic heterocycles. The zero-order chi connectivity index (χ0) is 17.7. The maximum absolute atomic E-state index is 12.1. The van der Waals surface area contributed by atoms with Gasteiger partial charge in [-0.25, -0.2) is 8.42 Å². The molecule has 0 aliphatic heterocycles. The van der Waals surface area contributed by atoms with Crippen LogP contribution in [0.1, 0.15) is 38.5 Å². The third-order valence-corrected chi connectivity index (χ3v) is 5.88. The topological polar surface area (TPSA) is 66.5 Å². The molecule has 0 bridgehead atoms. The zero-order valence-electron chi connectivity index (χ0n) is 13.6. The van der Waals surface area contributed by atoms with Crippen molar-refractivity contribution < 1.29 is 13.2 Å². The number of nitrogens with zero attached hydrogens (tertiary/aromatic N) is 1. The number of carbonyl (C=O) groups is 1. The fourth-order valence-corrected chi connectivity index (χ4v) is 4.75. The minimum Gasteiger partial charge on any atom is -0.326 e. The summed E-state index contributed by atoms with van der Waals surface area (Å²) >= 11 is 11.8. The Morgan fingerprint density at radius 3 is 2.29 bits per heavy atom. The van der Waals surface area contributed by atoms with Gasteiger partial charge in [0.15, 0.2) is 0 Å². The highest BCUT2D eigenvalue weighted by atomic mass is 35.5. The van der Waals surface area contributed by atoms with E-state index in [1.165, 1.54) is 10.6 Å². The largest absolute Gasteiger partial charge is 0.326 e. The van der Waals surface area contributed by atoms with Crippen LogP contribution in [0.4, 0.5) is 5.69 Å². The van der Waals surface area contributed by atoms with Crippen LogP contribution in [0, 0.1) is 0 Å². The van der Waals surface area contributed by atoms with Crippen molar-refractivity contribution in [3.63, 3.8) is 0 Å². The number of amides is 1. The van der Waals surface area contributed by atoms with Crippen molar-refractivity contribution >= 4 is 44.8 Å². The highest BCUT2D eigenvalue weighted by Crippen LogP contribution is 2.25. The Balaban J connectivity index is 1.96. The van der Waals surface area contributed by atoms with E-state index in [2.05, 4.69) is 5.32 Å². The van der Waals surface area contributed by atoms with Gasteiger partial charge >= 0.3 is 0 Å². The van der Waals surface area contributed by atoms with E-state index in [1.807, 2.05) is 0 Å². The van der Waals surface area contributed by atoms with Crippen LogP contribution in [0.2, 0.25) is 10.0 Å². The lowest BCUT2D eigenvalue weighted by Gasteiger charge is -2.32. The molecule has 0 radical (unpaired) electrons. The minimum absolute atomic E-state index is 0.00200. The van der Waals surface area contributed by atoms with Crippen molar-refractivity contribution in [3.8, 4) is 0 Å². The van der Waals surface area contributed by atoms with Crippen molar-refractivity contribution in [2.45, 2.75) is 44.6 Å². The first kappa shape index (κ1) is 19.5. The Morgan fingerprint density at radius 1 is 1.17 bits per heavy atom. The van der Waals surface area contributed by atoms with Crippen LogP contribution in [0.15, 0.2) is 18.2 Å². The van der Waals surface area contributed by atoms with Crippen LogP contribution in [0.25, 0.3) is 0 Å². The Labute approximate surface area is 153 Å². The predicted molar refractivity (Wildman–Crippen MR) is 98.1 cm³/mol. The standard InChI is InChI=1S/C16H22Cl2N2O3S/c1-24(22,23)20(15-5-3-2-4-6-15)8-7-16(21)19-14-10-12(17)9-13(18)11-14/h9-11,15H,2-8H2,1H3,(H,19,21). The summed E-state index contributed by atoms with van der Waals surface area (Å²) < 4.78 is 25.6. The molecule has 0 spiro atoms. The Morgan fingerprint density at radius 2 is 1.75 bits per heavy atom. The van der Waals surface area contributed by atoms with Gasteiger partial charge in [0, 0.05) is 34.7 Å². The normalized spacial score (nSPS) is 16.3. The first-order valence-corrected chi connectivity index (χ1v) is 10.6. The van der Waals surface area contributed by atoms with Gasteiger partial charge in [0.25, 0.3) is 0 Å². The van der Waals surface area contributed by atoms with E-state index in [0.717, 1.165) is 32.1 Å². The molecule has 1 N–H and O–H groups in total. The molecule has 1 amide bonds. The maximum atomic E-state index is 12.1. The highest BCUT2D eigenvalue weighted by Gasteiger charge is 2.28. The number of anilines is 1. The molecule has 1 aliphatic carbocycles. The van der Waals surface area contributed by atoms with Crippen molar-refractivity contribution in [2.24, 2.45) is 0 Å². The predicted octanol–water partition coefficient (Wildman–Crippen LogP) is 3.92. The molecule has 2 rings (SSSR count). The molecule has 134 valence electrons. The van der Waals surface area contributed by atoms with E-state index >= 15 is 0 Å². The number of carbonyl (C=O) groups excluding carboxylic acids is 1. The van der Waals surface area contributed by atoms with Crippen LogP contribution in [-0.2, 0) is 14.8 Å². The molecular weight excluding hydrogens is 371 g/mol. The summed E-state index contributed by atoms with van der Waals surface area (Å²) in [4.78, 5) is 12.1. The van der Waals surface area contributed by atoms with Crippen LogP contribution in [-0.4, -0.2) is 37.5 Å². The van der Waals surface area contributed by atoms with Crippen molar-refractivity contribution in [3.05, 3.63) is 28.2 Å². The van der Waals surface area contributed by atoms with Gasteiger partial charge in [-0.3, -0.25) is 4.79 Å². The monoisotopic (exact) mass is 392 g/mol. The number of hydrogen-bond donors (Lipinski definition) is 1. The van der Waals surface area contributed by atoms with Crippen LogP contribution >= 0.6 is 23.2 Å². The average Bonchev–Trinajstić information content (AvgIpc) is 2.46. The molecule has 0 saturated heterocycles. The second kappa shape index (κ2) is 8.52. The van der Waals surface area contributed by atoms with Gasteiger partial charge in [-0.15, -0.1) is 0 Å². The van der Waals surface area contributed by atoms with Gasteiger partial charge in [-0.1, -0.05) is 42.5 Å². The first-order valence-electron chi connectivity index (χ1n) is 7.98. The quantitative estimate of drug-likeness (QED) is 0.797. The lowest BCUT2D eigenvalue weighted by Crippen LogP contribution is -2.42. The van der Waals surface area contributed by atoms with Crippen LogP contribution in [0.3, 0.4) is 0 Å². The molecule has 1 fully saturated rings. The molecule has 24 heavy (non-hydrogen) atoms. The van der Waals surface area contributed by atoms with Crippen molar-refractivity contribution in [2.75, 3.05) is 18.1 Å². The highest BCUT2D eigenvalue weighted by molar-refractivity contribution is 7.88. The molecule has 8 heteroatoms. The van der Waals surface area contributed by atoms with E-state index < -0.39 is 10.0 Å². The van der Waals surface area contributed by atoms with E-state index in [1.54, 1.807) is 18.2 Å². The molecule has 0 atom stereocenters. The second-order valence-corrected chi connectivity index (χ2v) is 8.93. The minimum atomic E-state index is -3.34. The Kier molecular flexibility index (Phi) is 6.92. The van der Waals surface area contributed by atoms with E-state index in [-0.39, 0.29) is 24.9 Å². The summed E-state index contributed by atoms with van der Waals surface area (Å²) in [6.45, 7) is 0.184.